The van der Waals surface area contributed by atoms with E-state index in [0.29, 0.717) is 17.1 Å². The fourth-order valence-corrected chi connectivity index (χ4v) is 3.52. The fraction of sp³-hybridized carbons (Fsp3) is 0.182. The minimum Gasteiger partial charge on any atom is -0.456 e. The molecule has 1 aliphatic carbocycles. The van der Waals surface area contributed by atoms with Gasteiger partial charge in [-0.25, -0.2) is 5.48 Å². The van der Waals surface area contributed by atoms with Crippen molar-refractivity contribution >= 4 is 27.8 Å². The van der Waals surface area contributed by atoms with E-state index in [-0.39, 0.29) is 12.0 Å². The van der Waals surface area contributed by atoms with Crippen molar-refractivity contribution in [3.05, 3.63) is 78.1 Å². The van der Waals surface area contributed by atoms with Crippen LogP contribution in [0.4, 0.5) is 0 Å². The number of hydroxylamine groups is 1. The third-order valence-electron chi connectivity index (χ3n) is 4.99. The molecule has 2 aromatic heterocycles. The normalized spacial score (nSPS) is 15.1. The summed E-state index contributed by atoms with van der Waals surface area (Å²) < 4.78 is 5.86. The maximum absolute atomic E-state index is 12.9. The molecule has 0 saturated heterocycles. The number of nitrogens with zero attached hydrogens (tertiary/aromatic N) is 1. The van der Waals surface area contributed by atoms with E-state index in [0.717, 1.165) is 34.8 Å². The first-order chi connectivity index (χ1) is 13.3. The van der Waals surface area contributed by atoms with Gasteiger partial charge in [-0.3, -0.25) is 14.6 Å². The maximum Gasteiger partial charge on any atom is 0.275 e. The second-order valence-corrected chi connectivity index (χ2v) is 6.87. The molecule has 5 rings (SSSR count). The Balaban J connectivity index is 1.44. The van der Waals surface area contributed by atoms with Crippen LogP contribution in [0.5, 0.6) is 0 Å². The summed E-state index contributed by atoms with van der Waals surface area (Å²) in [5.41, 5.74) is 5.63. The molecule has 2 heterocycles. The van der Waals surface area contributed by atoms with E-state index < -0.39 is 0 Å². The van der Waals surface area contributed by atoms with Crippen LogP contribution in [0, 0.1) is 5.92 Å². The maximum atomic E-state index is 12.9. The van der Waals surface area contributed by atoms with E-state index in [1.807, 2.05) is 48.5 Å². The van der Waals surface area contributed by atoms with Gasteiger partial charge in [0.25, 0.3) is 5.91 Å². The predicted octanol–water partition coefficient (Wildman–Crippen LogP) is 4.79. The van der Waals surface area contributed by atoms with Crippen molar-refractivity contribution in [1.82, 2.24) is 10.5 Å². The van der Waals surface area contributed by atoms with E-state index in [9.17, 15) is 4.79 Å². The molecular formula is C22H18N2O3. The average molecular weight is 358 g/mol. The highest BCUT2D eigenvalue weighted by Crippen LogP contribution is 2.42. The zero-order valence-electron chi connectivity index (χ0n) is 14.6. The molecule has 27 heavy (non-hydrogen) atoms. The fourth-order valence-electron chi connectivity index (χ4n) is 3.52. The van der Waals surface area contributed by atoms with Crippen molar-refractivity contribution in [2.75, 3.05) is 0 Å². The van der Waals surface area contributed by atoms with Gasteiger partial charge in [-0.1, -0.05) is 30.3 Å². The zero-order chi connectivity index (χ0) is 18.2. The van der Waals surface area contributed by atoms with Crippen LogP contribution in [0.15, 0.2) is 71.4 Å². The van der Waals surface area contributed by atoms with Gasteiger partial charge in [0.15, 0.2) is 0 Å². The van der Waals surface area contributed by atoms with E-state index in [1.54, 1.807) is 18.5 Å². The number of hydrogen-bond acceptors (Lipinski definition) is 4. The molecule has 0 spiro atoms. The summed E-state index contributed by atoms with van der Waals surface area (Å²) in [6.45, 7) is 0. The molecule has 1 fully saturated rings. The quantitative estimate of drug-likeness (QED) is 0.521. The van der Waals surface area contributed by atoms with Crippen molar-refractivity contribution in [1.29, 1.82) is 0 Å². The van der Waals surface area contributed by atoms with Gasteiger partial charge in [-0.05, 0) is 43.0 Å². The summed E-state index contributed by atoms with van der Waals surface area (Å²) in [6, 6.07) is 17.1. The Labute approximate surface area is 155 Å². The van der Waals surface area contributed by atoms with Crippen LogP contribution in [0.3, 0.4) is 0 Å². The minimum absolute atomic E-state index is 0.178. The Kier molecular flexibility index (Phi) is 3.87. The molecule has 1 amide bonds. The second-order valence-electron chi connectivity index (χ2n) is 6.87. The summed E-state index contributed by atoms with van der Waals surface area (Å²) in [5.74, 6) is 0.141. The highest BCUT2D eigenvalue weighted by atomic mass is 16.7. The first kappa shape index (κ1) is 16.0. The van der Waals surface area contributed by atoms with Crippen LogP contribution in [0.2, 0.25) is 0 Å². The topological polar surface area (TPSA) is 64.4 Å². The highest BCUT2D eigenvalue weighted by Gasteiger charge is 2.34. The molecule has 0 bridgehead atoms. The third kappa shape index (κ3) is 2.96. The number of nitrogens with one attached hydrogen (secondary N) is 1. The van der Waals surface area contributed by atoms with Crippen LogP contribution in [-0.2, 0) is 4.84 Å². The number of furan rings is 1. The van der Waals surface area contributed by atoms with Gasteiger partial charge in [0.1, 0.15) is 17.3 Å². The van der Waals surface area contributed by atoms with Gasteiger partial charge < -0.3 is 4.42 Å². The van der Waals surface area contributed by atoms with E-state index >= 15 is 0 Å². The number of benzene rings is 2. The standard InChI is InChI=1S/C22H18N2O3/c25-22(24-27-21(14-10-11-14)15-5-4-12-23-13-15)17-7-3-9-19-20(17)16-6-1-2-8-18(16)26-19/h1-9,12-14,21H,10-11H2,(H,24,25). The van der Waals surface area contributed by atoms with Gasteiger partial charge in [0.05, 0.1) is 5.56 Å². The number of rotatable bonds is 5. The molecule has 1 saturated carbocycles. The Hall–Kier alpha value is -3.18. The van der Waals surface area contributed by atoms with E-state index in [1.165, 1.54) is 0 Å². The number of para-hydroxylation sites is 1. The monoisotopic (exact) mass is 358 g/mol. The predicted molar refractivity (Wildman–Crippen MR) is 102 cm³/mol. The number of carbonyl (C=O) groups is 1. The number of amides is 1. The lowest BCUT2D eigenvalue weighted by Gasteiger charge is -2.17. The molecule has 1 unspecified atom stereocenters. The first-order valence-electron chi connectivity index (χ1n) is 9.07. The smallest absolute Gasteiger partial charge is 0.275 e. The Morgan fingerprint density at radius 3 is 2.74 bits per heavy atom. The van der Waals surface area contributed by atoms with Crippen molar-refractivity contribution < 1.29 is 14.0 Å². The third-order valence-corrected chi connectivity index (χ3v) is 4.99. The first-order valence-corrected chi connectivity index (χ1v) is 9.07. The average Bonchev–Trinajstić information content (AvgIpc) is 3.48. The SMILES string of the molecule is O=C(NOC(c1cccnc1)C1CC1)c1cccc2oc3ccccc3c12. The van der Waals surface area contributed by atoms with Crippen LogP contribution in [0.25, 0.3) is 21.9 Å². The molecule has 4 aromatic rings. The van der Waals surface area contributed by atoms with Crippen LogP contribution in [-0.4, -0.2) is 10.9 Å². The summed E-state index contributed by atoms with van der Waals surface area (Å²) in [6.07, 6.45) is 5.54. The number of pyridine rings is 1. The molecule has 1 N–H and O–H groups in total. The lowest BCUT2D eigenvalue weighted by molar-refractivity contribution is -0.0278. The van der Waals surface area contributed by atoms with Crippen LogP contribution in [0.1, 0.15) is 34.9 Å². The van der Waals surface area contributed by atoms with E-state index in [4.69, 9.17) is 9.25 Å². The van der Waals surface area contributed by atoms with Gasteiger partial charge in [0.2, 0.25) is 0 Å². The summed E-state index contributed by atoms with van der Waals surface area (Å²) in [7, 11) is 0. The van der Waals surface area contributed by atoms with Crippen LogP contribution < -0.4 is 5.48 Å². The second kappa shape index (κ2) is 6.52. The molecule has 0 aliphatic heterocycles. The van der Waals surface area contributed by atoms with Gasteiger partial charge in [0, 0.05) is 28.7 Å². The molecule has 5 heteroatoms. The zero-order valence-corrected chi connectivity index (χ0v) is 14.6. The number of fused-ring (bicyclic) bond motifs is 3. The lowest BCUT2D eigenvalue weighted by atomic mass is 10.1. The van der Waals surface area contributed by atoms with Gasteiger partial charge in [-0.2, -0.15) is 0 Å². The molecule has 134 valence electrons. The van der Waals surface area contributed by atoms with E-state index in [2.05, 4.69) is 10.5 Å². The number of aromatic nitrogens is 1. The lowest BCUT2D eigenvalue weighted by Crippen LogP contribution is -2.27. The molecule has 1 aliphatic rings. The molecular weight excluding hydrogens is 340 g/mol. The highest BCUT2D eigenvalue weighted by molar-refractivity contribution is 6.16. The number of hydrogen-bond donors (Lipinski definition) is 1. The Morgan fingerprint density at radius 2 is 1.93 bits per heavy atom. The van der Waals surface area contributed by atoms with Crippen molar-refractivity contribution in [2.24, 2.45) is 5.92 Å². The van der Waals surface area contributed by atoms with Crippen molar-refractivity contribution in [2.45, 2.75) is 18.9 Å². The van der Waals surface area contributed by atoms with Gasteiger partial charge >= 0.3 is 0 Å². The molecule has 0 radical (unpaired) electrons. The molecule has 2 aromatic carbocycles. The summed E-state index contributed by atoms with van der Waals surface area (Å²) in [4.78, 5) is 22.9. The molecule has 5 nitrogen and oxygen atoms in total. The van der Waals surface area contributed by atoms with Gasteiger partial charge in [-0.15, -0.1) is 0 Å². The largest absolute Gasteiger partial charge is 0.456 e. The minimum atomic E-state index is -0.276. The van der Waals surface area contributed by atoms with Crippen LogP contribution >= 0.6 is 0 Å². The molecule has 1 atom stereocenters. The Morgan fingerprint density at radius 1 is 1.07 bits per heavy atom. The van der Waals surface area contributed by atoms with Crippen molar-refractivity contribution in [3.8, 4) is 0 Å². The number of carbonyl (C=O) groups excluding carboxylic acids is 1. The van der Waals surface area contributed by atoms with Crippen molar-refractivity contribution in [3.63, 3.8) is 0 Å². The Bertz CT molecular complexity index is 1120. The summed E-state index contributed by atoms with van der Waals surface area (Å²) >= 11 is 0. The summed E-state index contributed by atoms with van der Waals surface area (Å²) in [5, 5.41) is 1.72.